The molecule has 116 valence electrons. The zero-order chi connectivity index (χ0) is 15.1. The molecule has 0 atom stereocenters. The minimum Gasteiger partial charge on any atom is -0.338 e. The fraction of sp³-hybridized carbons (Fsp3) is 0.625. The largest absolute Gasteiger partial charge is 0.338 e. The predicted octanol–water partition coefficient (Wildman–Crippen LogP) is 1.07. The fourth-order valence-electron chi connectivity index (χ4n) is 2.63. The molecular formula is C16H26N4O. The quantitative estimate of drug-likeness (QED) is 0.813. The summed E-state index contributed by atoms with van der Waals surface area (Å²) in [5, 5.41) is 0. The van der Waals surface area contributed by atoms with Gasteiger partial charge in [0.05, 0.1) is 6.54 Å². The Hall–Kier alpha value is -1.46. The lowest BCUT2D eigenvalue weighted by Crippen LogP contribution is -2.41. The second-order valence-corrected chi connectivity index (χ2v) is 5.70. The zero-order valence-electron chi connectivity index (χ0n) is 13.2. The smallest absolute Gasteiger partial charge is 0.237 e. The van der Waals surface area contributed by atoms with Crippen molar-refractivity contribution in [1.82, 2.24) is 19.7 Å². The van der Waals surface area contributed by atoms with Crippen LogP contribution in [-0.2, 0) is 11.3 Å². The van der Waals surface area contributed by atoms with Crippen molar-refractivity contribution in [3.8, 4) is 0 Å². The van der Waals surface area contributed by atoms with Crippen LogP contribution in [0, 0.1) is 0 Å². The van der Waals surface area contributed by atoms with Gasteiger partial charge in [0.25, 0.3) is 0 Å². The normalized spacial score (nSPS) is 17.4. The maximum Gasteiger partial charge on any atom is 0.237 e. The lowest BCUT2D eigenvalue weighted by atomic mass is 10.2. The van der Waals surface area contributed by atoms with Crippen molar-refractivity contribution >= 4 is 5.91 Å². The number of carbonyl (C=O) groups excluding carboxylic acids is 1. The van der Waals surface area contributed by atoms with E-state index in [-0.39, 0.29) is 5.91 Å². The summed E-state index contributed by atoms with van der Waals surface area (Å²) in [6, 6.07) is 3.94. The molecule has 1 aliphatic heterocycles. The highest BCUT2D eigenvalue weighted by atomic mass is 16.2. The summed E-state index contributed by atoms with van der Waals surface area (Å²) in [5.74, 6) is 0.221. The average molecular weight is 290 g/mol. The van der Waals surface area contributed by atoms with E-state index >= 15 is 0 Å². The summed E-state index contributed by atoms with van der Waals surface area (Å²) < 4.78 is 0. The van der Waals surface area contributed by atoms with Gasteiger partial charge in [-0.15, -0.1) is 0 Å². The van der Waals surface area contributed by atoms with Gasteiger partial charge in [-0.25, -0.2) is 0 Å². The van der Waals surface area contributed by atoms with E-state index in [9.17, 15) is 4.79 Å². The molecule has 0 unspecified atom stereocenters. The van der Waals surface area contributed by atoms with Crippen molar-refractivity contribution in [3.63, 3.8) is 0 Å². The highest BCUT2D eigenvalue weighted by molar-refractivity contribution is 5.78. The Balaban J connectivity index is 1.87. The van der Waals surface area contributed by atoms with E-state index in [1.54, 1.807) is 12.4 Å². The molecule has 2 heterocycles. The first-order valence-electron chi connectivity index (χ1n) is 7.76. The van der Waals surface area contributed by atoms with Crippen LogP contribution in [0.3, 0.4) is 0 Å². The minimum absolute atomic E-state index is 0.221. The van der Waals surface area contributed by atoms with Crippen LogP contribution < -0.4 is 0 Å². The molecule has 0 saturated carbocycles. The molecule has 1 saturated heterocycles. The third-order valence-corrected chi connectivity index (χ3v) is 4.03. The van der Waals surface area contributed by atoms with Gasteiger partial charge in [0.1, 0.15) is 0 Å². The van der Waals surface area contributed by atoms with E-state index in [0.717, 1.165) is 44.7 Å². The predicted molar refractivity (Wildman–Crippen MR) is 83.9 cm³/mol. The van der Waals surface area contributed by atoms with Crippen LogP contribution in [0.15, 0.2) is 24.5 Å². The number of aromatic nitrogens is 1. The molecule has 0 radical (unpaired) electrons. The summed E-state index contributed by atoms with van der Waals surface area (Å²) >= 11 is 0. The second-order valence-electron chi connectivity index (χ2n) is 5.70. The summed E-state index contributed by atoms with van der Waals surface area (Å²) in [6.45, 7) is 8.16. The molecule has 0 spiro atoms. The Morgan fingerprint density at radius 3 is 2.71 bits per heavy atom. The van der Waals surface area contributed by atoms with Gasteiger partial charge in [-0.2, -0.15) is 0 Å². The Bertz CT molecular complexity index is 437. The van der Waals surface area contributed by atoms with Gasteiger partial charge in [-0.05, 0) is 51.2 Å². The highest BCUT2D eigenvalue weighted by Gasteiger charge is 2.18. The number of rotatable bonds is 5. The van der Waals surface area contributed by atoms with Gasteiger partial charge < -0.3 is 9.80 Å². The number of likely N-dealkylation sites (N-methyl/N-ethyl adjacent to an activating group) is 2. The van der Waals surface area contributed by atoms with Crippen molar-refractivity contribution in [1.29, 1.82) is 0 Å². The molecule has 0 bridgehead atoms. The van der Waals surface area contributed by atoms with Crippen molar-refractivity contribution in [2.24, 2.45) is 0 Å². The summed E-state index contributed by atoms with van der Waals surface area (Å²) in [7, 11) is 2.15. The number of hydrogen-bond acceptors (Lipinski definition) is 4. The molecule has 0 N–H and O–H groups in total. The molecule has 1 aromatic heterocycles. The topological polar surface area (TPSA) is 39.7 Å². The molecule has 1 amide bonds. The first-order chi connectivity index (χ1) is 10.2. The molecule has 1 fully saturated rings. The molecule has 1 aliphatic rings. The van der Waals surface area contributed by atoms with Crippen LogP contribution in [0.5, 0.6) is 0 Å². The molecule has 0 aliphatic carbocycles. The van der Waals surface area contributed by atoms with Gasteiger partial charge in [-0.3, -0.25) is 14.7 Å². The lowest BCUT2D eigenvalue weighted by Gasteiger charge is -2.26. The van der Waals surface area contributed by atoms with Crippen LogP contribution in [0.25, 0.3) is 0 Å². The third kappa shape index (κ3) is 5.10. The number of nitrogens with zero attached hydrogens (tertiary/aromatic N) is 4. The van der Waals surface area contributed by atoms with E-state index in [2.05, 4.69) is 21.8 Å². The fourth-order valence-corrected chi connectivity index (χ4v) is 2.63. The molecule has 1 aromatic rings. The third-order valence-electron chi connectivity index (χ3n) is 4.03. The maximum absolute atomic E-state index is 12.5. The number of carbonyl (C=O) groups is 1. The molecule has 0 aromatic carbocycles. The summed E-state index contributed by atoms with van der Waals surface area (Å²) in [4.78, 5) is 23.0. The number of hydrogen-bond donors (Lipinski definition) is 0. The van der Waals surface area contributed by atoms with E-state index < -0.39 is 0 Å². The van der Waals surface area contributed by atoms with E-state index in [0.29, 0.717) is 13.1 Å². The van der Waals surface area contributed by atoms with Gasteiger partial charge in [0.2, 0.25) is 5.91 Å². The molecular weight excluding hydrogens is 264 g/mol. The second kappa shape index (κ2) is 8.10. The van der Waals surface area contributed by atoms with Crippen molar-refractivity contribution in [2.45, 2.75) is 19.9 Å². The van der Waals surface area contributed by atoms with Crippen LogP contribution >= 0.6 is 0 Å². The van der Waals surface area contributed by atoms with Crippen LogP contribution in [0.2, 0.25) is 0 Å². The molecule has 5 nitrogen and oxygen atoms in total. The van der Waals surface area contributed by atoms with Gasteiger partial charge in [-0.1, -0.05) is 0 Å². The first kappa shape index (κ1) is 15.9. The molecule has 21 heavy (non-hydrogen) atoms. The molecule has 2 rings (SSSR count). The van der Waals surface area contributed by atoms with Crippen molar-refractivity contribution in [2.75, 3.05) is 46.3 Å². The highest BCUT2D eigenvalue weighted by Crippen LogP contribution is 2.06. The first-order valence-corrected chi connectivity index (χ1v) is 7.76. The number of pyridine rings is 1. The Morgan fingerprint density at radius 1 is 1.24 bits per heavy atom. The number of amides is 1. The van der Waals surface area contributed by atoms with Crippen LogP contribution in [-0.4, -0.2) is 71.9 Å². The Labute approximate surface area is 127 Å². The Kier molecular flexibility index (Phi) is 6.14. The monoisotopic (exact) mass is 290 g/mol. The summed E-state index contributed by atoms with van der Waals surface area (Å²) in [5.41, 5.74) is 1.13. The maximum atomic E-state index is 12.5. The lowest BCUT2D eigenvalue weighted by molar-refractivity contribution is -0.132. The SMILES string of the molecule is CCN(Cc1ccncc1)C(=O)CN1CCCN(C)CC1. The van der Waals surface area contributed by atoms with Crippen LogP contribution in [0.4, 0.5) is 0 Å². The van der Waals surface area contributed by atoms with E-state index in [1.807, 2.05) is 24.0 Å². The average Bonchev–Trinajstić information content (AvgIpc) is 2.70. The van der Waals surface area contributed by atoms with Gasteiger partial charge >= 0.3 is 0 Å². The van der Waals surface area contributed by atoms with E-state index in [4.69, 9.17) is 0 Å². The minimum atomic E-state index is 0.221. The molecule has 5 heteroatoms. The zero-order valence-corrected chi connectivity index (χ0v) is 13.2. The van der Waals surface area contributed by atoms with Crippen LogP contribution in [0.1, 0.15) is 18.9 Å². The standard InChI is InChI=1S/C16H26N4O/c1-3-20(13-15-5-7-17-8-6-15)16(21)14-19-10-4-9-18(2)11-12-19/h5-8H,3-4,9-14H2,1-2H3. The van der Waals surface area contributed by atoms with Crippen molar-refractivity contribution in [3.05, 3.63) is 30.1 Å². The van der Waals surface area contributed by atoms with Gasteiger partial charge in [0, 0.05) is 38.6 Å². The van der Waals surface area contributed by atoms with E-state index in [1.165, 1.54) is 0 Å². The summed E-state index contributed by atoms with van der Waals surface area (Å²) in [6.07, 6.45) is 4.69. The van der Waals surface area contributed by atoms with Crippen molar-refractivity contribution < 1.29 is 4.79 Å². The Morgan fingerprint density at radius 2 is 2.00 bits per heavy atom. The van der Waals surface area contributed by atoms with Gasteiger partial charge in [0.15, 0.2) is 0 Å².